The summed E-state index contributed by atoms with van der Waals surface area (Å²) in [6.45, 7) is 2.26. The number of anilines is 2. The summed E-state index contributed by atoms with van der Waals surface area (Å²) in [5, 5.41) is 4.13. The van der Waals surface area contributed by atoms with Gasteiger partial charge in [0.05, 0.1) is 43.4 Å². The second kappa shape index (κ2) is 9.13. The number of hydrazone groups is 1. The Balaban J connectivity index is 1.74. The highest BCUT2D eigenvalue weighted by molar-refractivity contribution is 14.1. The lowest BCUT2D eigenvalue weighted by Gasteiger charge is -2.27. The van der Waals surface area contributed by atoms with Gasteiger partial charge in [-0.25, -0.2) is 14.8 Å². The topological polar surface area (TPSA) is 81.1 Å². The number of rotatable bonds is 6. The molecule has 0 aliphatic carbocycles. The van der Waals surface area contributed by atoms with E-state index in [0.29, 0.717) is 37.8 Å². The number of halogens is 2. The van der Waals surface area contributed by atoms with Crippen LogP contribution in [0.25, 0.3) is 0 Å². The number of hydrogen-bond acceptors (Lipinski definition) is 8. The van der Waals surface area contributed by atoms with Crippen molar-refractivity contribution in [1.82, 2.24) is 9.97 Å². The normalized spacial score (nSPS) is 14.4. The molecule has 0 atom stereocenters. The maximum atomic E-state index is 14.0. The zero-order valence-corrected chi connectivity index (χ0v) is 17.1. The molecule has 2 aromatic rings. The van der Waals surface area contributed by atoms with Crippen LogP contribution in [0.3, 0.4) is 0 Å². The average Bonchev–Trinajstić information content (AvgIpc) is 2.69. The van der Waals surface area contributed by atoms with E-state index in [1.807, 2.05) is 11.0 Å². The number of ether oxygens (including phenoxy) is 3. The van der Waals surface area contributed by atoms with E-state index in [2.05, 4.69) is 43.1 Å². The van der Waals surface area contributed by atoms with Gasteiger partial charge in [-0.2, -0.15) is 10.1 Å². The molecule has 10 heteroatoms. The Bertz CT molecular complexity index is 830. The lowest BCUT2D eigenvalue weighted by atomic mass is 10.2. The van der Waals surface area contributed by atoms with E-state index in [9.17, 15) is 4.39 Å². The Morgan fingerprint density at radius 1 is 1.30 bits per heavy atom. The van der Waals surface area contributed by atoms with Crippen LogP contribution in [0.1, 0.15) is 5.56 Å². The molecular weight excluding hydrogens is 468 g/mol. The van der Waals surface area contributed by atoms with E-state index in [4.69, 9.17) is 14.2 Å². The third-order valence-corrected chi connectivity index (χ3v) is 4.67. The van der Waals surface area contributed by atoms with Crippen LogP contribution < -0.4 is 19.8 Å². The van der Waals surface area contributed by atoms with Crippen molar-refractivity contribution < 1.29 is 18.6 Å². The molecule has 0 spiro atoms. The van der Waals surface area contributed by atoms with Crippen molar-refractivity contribution in [3.8, 4) is 11.5 Å². The van der Waals surface area contributed by atoms with E-state index in [1.165, 1.54) is 0 Å². The van der Waals surface area contributed by atoms with Crippen molar-refractivity contribution in [2.24, 2.45) is 5.10 Å². The zero-order valence-electron chi connectivity index (χ0n) is 14.9. The molecular formula is C17H19FIN5O3. The molecule has 1 saturated heterocycles. The van der Waals surface area contributed by atoms with Crippen LogP contribution >= 0.6 is 22.6 Å². The monoisotopic (exact) mass is 487 g/mol. The first-order valence-electron chi connectivity index (χ1n) is 8.18. The fourth-order valence-electron chi connectivity index (χ4n) is 2.59. The summed E-state index contributed by atoms with van der Waals surface area (Å²) in [6, 6.07) is 3.70. The Labute approximate surface area is 169 Å². The standard InChI is InChI=1S/C17H19FIN5O3/c1-25-14-8-11(7-13(19)15(14)26-2)9-21-23-17-20-10-12(18)16(22-17)24-3-5-27-6-4-24/h7-10H,3-6H2,1-2H3,(H,20,22,23)/b21-9+. The maximum Gasteiger partial charge on any atom is 0.245 e. The Morgan fingerprint density at radius 2 is 2.07 bits per heavy atom. The first-order valence-corrected chi connectivity index (χ1v) is 9.26. The number of methoxy groups -OCH3 is 2. The number of benzene rings is 1. The molecule has 0 bridgehead atoms. The van der Waals surface area contributed by atoms with Gasteiger partial charge in [0.25, 0.3) is 0 Å². The first kappa shape index (κ1) is 19.5. The lowest BCUT2D eigenvalue weighted by Crippen LogP contribution is -2.37. The number of hydrogen-bond donors (Lipinski definition) is 1. The van der Waals surface area contributed by atoms with Gasteiger partial charge >= 0.3 is 0 Å². The third kappa shape index (κ3) is 4.75. The summed E-state index contributed by atoms with van der Waals surface area (Å²) < 4.78 is 30.9. The third-order valence-electron chi connectivity index (χ3n) is 3.87. The first-order chi connectivity index (χ1) is 13.1. The van der Waals surface area contributed by atoms with Gasteiger partial charge in [0, 0.05) is 13.1 Å². The minimum Gasteiger partial charge on any atom is -0.493 e. The van der Waals surface area contributed by atoms with Crippen molar-refractivity contribution in [1.29, 1.82) is 0 Å². The predicted molar refractivity (Wildman–Crippen MR) is 109 cm³/mol. The molecule has 1 N–H and O–H groups in total. The van der Waals surface area contributed by atoms with Crippen molar-refractivity contribution in [2.45, 2.75) is 0 Å². The molecule has 0 unspecified atom stereocenters. The average molecular weight is 487 g/mol. The highest BCUT2D eigenvalue weighted by Gasteiger charge is 2.17. The summed E-state index contributed by atoms with van der Waals surface area (Å²) in [5.74, 6) is 1.26. The van der Waals surface area contributed by atoms with Crippen molar-refractivity contribution >= 4 is 40.6 Å². The SMILES string of the molecule is COc1cc(/C=N/Nc2ncc(F)c(N3CCOCC3)n2)cc(I)c1OC. The predicted octanol–water partition coefficient (Wildman–Crippen LogP) is 2.52. The van der Waals surface area contributed by atoms with Crippen LogP contribution in [0, 0.1) is 9.39 Å². The Morgan fingerprint density at radius 3 is 2.78 bits per heavy atom. The minimum atomic E-state index is -0.471. The van der Waals surface area contributed by atoms with E-state index < -0.39 is 5.82 Å². The molecule has 0 saturated carbocycles. The van der Waals surface area contributed by atoms with E-state index in [-0.39, 0.29) is 11.8 Å². The van der Waals surface area contributed by atoms with Gasteiger partial charge in [0.1, 0.15) is 0 Å². The number of aromatic nitrogens is 2. The second-order valence-corrected chi connectivity index (χ2v) is 6.74. The van der Waals surface area contributed by atoms with Crippen LogP contribution in [0.15, 0.2) is 23.4 Å². The Hall–Kier alpha value is -2.21. The molecule has 0 radical (unpaired) electrons. The molecule has 1 aromatic heterocycles. The van der Waals surface area contributed by atoms with Gasteiger partial charge in [0.15, 0.2) is 23.1 Å². The summed E-state index contributed by atoms with van der Waals surface area (Å²) in [7, 11) is 3.17. The molecule has 1 fully saturated rings. The summed E-state index contributed by atoms with van der Waals surface area (Å²) >= 11 is 2.16. The minimum absolute atomic E-state index is 0.212. The molecule has 2 heterocycles. The van der Waals surface area contributed by atoms with Gasteiger partial charge in [-0.3, -0.25) is 0 Å². The molecule has 1 aromatic carbocycles. The lowest BCUT2D eigenvalue weighted by molar-refractivity contribution is 0.122. The van der Waals surface area contributed by atoms with Crippen LogP contribution in [0.5, 0.6) is 11.5 Å². The molecule has 1 aliphatic heterocycles. The second-order valence-electron chi connectivity index (χ2n) is 5.57. The maximum absolute atomic E-state index is 14.0. The highest BCUT2D eigenvalue weighted by atomic mass is 127. The number of nitrogens with one attached hydrogen (secondary N) is 1. The van der Waals surface area contributed by atoms with Gasteiger partial charge in [0.2, 0.25) is 5.95 Å². The van der Waals surface area contributed by atoms with Crippen LogP contribution in [-0.2, 0) is 4.74 Å². The van der Waals surface area contributed by atoms with Crippen LogP contribution in [-0.4, -0.2) is 56.7 Å². The summed E-state index contributed by atoms with van der Waals surface area (Å²) in [6.07, 6.45) is 2.74. The number of morpholine rings is 1. The fraction of sp³-hybridized carbons (Fsp3) is 0.353. The quantitative estimate of drug-likeness (QED) is 0.381. The molecule has 0 amide bonds. The van der Waals surface area contributed by atoms with Gasteiger partial charge in [-0.1, -0.05) is 0 Å². The van der Waals surface area contributed by atoms with E-state index in [0.717, 1.165) is 15.3 Å². The van der Waals surface area contributed by atoms with Crippen molar-refractivity contribution in [3.05, 3.63) is 33.3 Å². The van der Waals surface area contributed by atoms with Crippen LogP contribution in [0.2, 0.25) is 0 Å². The largest absolute Gasteiger partial charge is 0.493 e. The molecule has 3 rings (SSSR count). The summed E-state index contributed by atoms with van der Waals surface area (Å²) in [5.41, 5.74) is 3.54. The van der Waals surface area contributed by atoms with Gasteiger partial charge in [-0.15, -0.1) is 0 Å². The molecule has 144 valence electrons. The molecule has 8 nitrogen and oxygen atoms in total. The van der Waals surface area contributed by atoms with Crippen molar-refractivity contribution in [3.63, 3.8) is 0 Å². The fourth-order valence-corrected chi connectivity index (χ4v) is 3.43. The highest BCUT2D eigenvalue weighted by Crippen LogP contribution is 2.33. The van der Waals surface area contributed by atoms with E-state index in [1.54, 1.807) is 26.5 Å². The van der Waals surface area contributed by atoms with Gasteiger partial charge < -0.3 is 19.1 Å². The van der Waals surface area contributed by atoms with Crippen LogP contribution in [0.4, 0.5) is 16.2 Å². The van der Waals surface area contributed by atoms with Gasteiger partial charge in [-0.05, 0) is 40.3 Å². The van der Waals surface area contributed by atoms with E-state index >= 15 is 0 Å². The molecule has 27 heavy (non-hydrogen) atoms. The zero-order chi connectivity index (χ0) is 19.2. The number of nitrogens with zero attached hydrogens (tertiary/aromatic N) is 4. The Kier molecular flexibility index (Phi) is 6.61. The van der Waals surface area contributed by atoms with Crippen molar-refractivity contribution in [2.75, 3.05) is 50.8 Å². The molecule has 1 aliphatic rings. The smallest absolute Gasteiger partial charge is 0.245 e. The summed E-state index contributed by atoms with van der Waals surface area (Å²) in [4.78, 5) is 9.97.